The molecule has 2 nitrogen and oxygen atoms in total. The summed E-state index contributed by atoms with van der Waals surface area (Å²) >= 11 is 0. The highest BCUT2D eigenvalue weighted by Crippen LogP contribution is 2.21. The van der Waals surface area contributed by atoms with E-state index in [9.17, 15) is 0 Å². The molecule has 20 heavy (non-hydrogen) atoms. The van der Waals surface area contributed by atoms with Gasteiger partial charge in [0.1, 0.15) is 0 Å². The molecule has 0 spiro atoms. The van der Waals surface area contributed by atoms with Crippen molar-refractivity contribution < 1.29 is 0 Å². The van der Waals surface area contributed by atoms with Gasteiger partial charge in [-0.25, -0.2) is 0 Å². The predicted molar refractivity (Wildman–Crippen MR) is 84.6 cm³/mol. The van der Waals surface area contributed by atoms with Crippen molar-refractivity contribution in [2.45, 2.75) is 32.7 Å². The summed E-state index contributed by atoms with van der Waals surface area (Å²) in [5.74, 6) is 0.702. The van der Waals surface area contributed by atoms with Crippen LogP contribution in [-0.2, 0) is 0 Å². The minimum atomic E-state index is 0.249. The fourth-order valence-electron chi connectivity index (χ4n) is 2.54. The second-order valence-electron chi connectivity index (χ2n) is 5.43. The van der Waals surface area contributed by atoms with Crippen molar-refractivity contribution in [1.29, 1.82) is 0 Å². The average Bonchev–Trinajstić information content (AvgIpc) is 2.50. The van der Waals surface area contributed by atoms with Gasteiger partial charge in [-0.2, -0.15) is 0 Å². The highest BCUT2D eigenvalue weighted by atomic mass is 14.9. The van der Waals surface area contributed by atoms with Crippen LogP contribution in [-0.4, -0.2) is 11.5 Å². The molecule has 1 aromatic heterocycles. The molecule has 2 heteroatoms. The standard InChI is InChI=1S/C18H24N2/c1-3-7-15(2)14-20-18(16-8-5-4-6-9-16)17-10-12-19-13-11-17/h4-6,8-13,15,18,20H,3,7,14H2,1-2H3. The first kappa shape index (κ1) is 14.7. The Labute approximate surface area is 122 Å². The van der Waals surface area contributed by atoms with Crippen LogP contribution in [0.1, 0.15) is 43.9 Å². The average molecular weight is 268 g/mol. The molecule has 2 atom stereocenters. The molecule has 106 valence electrons. The van der Waals surface area contributed by atoms with E-state index in [2.05, 4.69) is 66.6 Å². The number of hydrogen-bond donors (Lipinski definition) is 1. The van der Waals surface area contributed by atoms with Crippen LogP contribution in [0.4, 0.5) is 0 Å². The molecule has 1 N–H and O–H groups in total. The van der Waals surface area contributed by atoms with Crippen molar-refractivity contribution in [2.24, 2.45) is 5.92 Å². The third-order valence-electron chi connectivity index (χ3n) is 3.62. The predicted octanol–water partition coefficient (Wildman–Crippen LogP) is 4.20. The van der Waals surface area contributed by atoms with E-state index < -0.39 is 0 Å². The van der Waals surface area contributed by atoms with Crippen LogP contribution >= 0.6 is 0 Å². The van der Waals surface area contributed by atoms with Gasteiger partial charge in [-0.15, -0.1) is 0 Å². The Morgan fingerprint density at radius 1 is 1.00 bits per heavy atom. The normalized spacial score (nSPS) is 13.9. The Morgan fingerprint density at radius 3 is 2.30 bits per heavy atom. The molecular weight excluding hydrogens is 244 g/mol. The Hall–Kier alpha value is -1.67. The van der Waals surface area contributed by atoms with E-state index in [4.69, 9.17) is 0 Å². The zero-order valence-corrected chi connectivity index (χ0v) is 12.4. The van der Waals surface area contributed by atoms with Crippen molar-refractivity contribution in [3.05, 3.63) is 66.0 Å². The zero-order chi connectivity index (χ0) is 14.2. The molecule has 0 radical (unpaired) electrons. The highest BCUT2D eigenvalue weighted by molar-refractivity contribution is 5.30. The van der Waals surface area contributed by atoms with Crippen LogP contribution < -0.4 is 5.32 Å². The van der Waals surface area contributed by atoms with Gasteiger partial charge in [0.05, 0.1) is 6.04 Å². The van der Waals surface area contributed by atoms with Gasteiger partial charge in [-0.1, -0.05) is 50.6 Å². The third-order valence-corrected chi connectivity index (χ3v) is 3.62. The molecule has 2 aromatic rings. The molecule has 1 aromatic carbocycles. The van der Waals surface area contributed by atoms with Crippen molar-refractivity contribution in [1.82, 2.24) is 10.3 Å². The minimum absolute atomic E-state index is 0.249. The van der Waals surface area contributed by atoms with Crippen molar-refractivity contribution >= 4 is 0 Å². The smallest absolute Gasteiger partial charge is 0.0577 e. The number of nitrogens with zero attached hydrogens (tertiary/aromatic N) is 1. The summed E-state index contributed by atoms with van der Waals surface area (Å²) in [7, 11) is 0. The Kier molecular flexibility index (Phi) is 5.75. The van der Waals surface area contributed by atoms with Crippen molar-refractivity contribution in [2.75, 3.05) is 6.54 Å². The summed E-state index contributed by atoms with van der Waals surface area (Å²) in [5.41, 5.74) is 2.58. The maximum absolute atomic E-state index is 4.12. The Balaban J connectivity index is 2.13. The molecule has 2 unspecified atom stereocenters. The fraction of sp³-hybridized carbons (Fsp3) is 0.389. The van der Waals surface area contributed by atoms with Gasteiger partial charge in [-0.3, -0.25) is 4.98 Å². The fourth-order valence-corrected chi connectivity index (χ4v) is 2.54. The monoisotopic (exact) mass is 268 g/mol. The van der Waals surface area contributed by atoms with E-state index in [1.54, 1.807) is 0 Å². The molecule has 0 bridgehead atoms. The lowest BCUT2D eigenvalue weighted by atomic mass is 9.98. The molecule has 0 aliphatic rings. The van der Waals surface area contributed by atoms with Crippen molar-refractivity contribution in [3.8, 4) is 0 Å². The number of nitrogens with one attached hydrogen (secondary N) is 1. The largest absolute Gasteiger partial charge is 0.306 e. The van der Waals surface area contributed by atoms with Crippen LogP contribution in [0.2, 0.25) is 0 Å². The molecule has 0 fully saturated rings. The SMILES string of the molecule is CCCC(C)CNC(c1ccccc1)c1ccncc1. The van der Waals surface area contributed by atoms with Crippen molar-refractivity contribution in [3.63, 3.8) is 0 Å². The first-order chi connectivity index (χ1) is 9.81. The number of aromatic nitrogens is 1. The summed E-state index contributed by atoms with van der Waals surface area (Å²) < 4.78 is 0. The van der Waals surface area contributed by atoms with Gasteiger partial charge >= 0.3 is 0 Å². The van der Waals surface area contributed by atoms with E-state index in [1.807, 2.05) is 12.4 Å². The number of hydrogen-bond acceptors (Lipinski definition) is 2. The summed E-state index contributed by atoms with van der Waals surface area (Å²) in [6.45, 7) is 5.59. The first-order valence-corrected chi connectivity index (χ1v) is 7.49. The lowest BCUT2D eigenvalue weighted by Crippen LogP contribution is -2.27. The molecule has 0 saturated carbocycles. The lowest BCUT2D eigenvalue weighted by Gasteiger charge is -2.22. The quantitative estimate of drug-likeness (QED) is 0.814. The summed E-state index contributed by atoms with van der Waals surface area (Å²) in [6.07, 6.45) is 6.24. The van der Waals surface area contributed by atoms with Crippen LogP contribution in [0.25, 0.3) is 0 Å². The van der Waals surface area contributed by atoms with Crippen LogP contribution in [0.3, 0.4) is 0 Å². The molecule has 0 amide bonds. The van der Waals surface area contributed by atoms with Gasteiger partial charge < -0.3 is 5.32 Å². The highest BCUT2D eigenvalue weighted by Gasteiger charge is 2.14. The number of rotatable bonds is 7. The maximum Gasteiger partial charge on any atom is 0.0577 e. The lowest BCUT2D eigenvalue weighted by molar-refractivity contribution is 0.454. The summed E-state index contributed by atoms with van der Waals surface area (Å²) in [6, 6.07) is 15.1. The second kappa shape index (κ2) is 7.81. The first-order valence-electron chi connectivity index (χ1n) is 7.49. The van der Waals surface area contributed by atoms with Crippen LogP contribution in [0.5, 0.6) is 0 Å². The third kappa shape index (κ3) is 4.17. The number of benzene rings is 1. The number of pyridine rings is 1. The van der Waals surface area contributed by atoms with Crippen LogP contribution in [0, 0.1) is 5.92 Å². The van der Waals surface area contributed by atoms with Crippen LogP contribution in [0.15, 0.2) is 54.9 Å². The zero-order valence-electron chi connectivity index (χ0n) is 12.4. The Morgan fingerprint density at radius 2 is 1.65 bits per heavy atom. The topological polar surface area (TPSA) is 24.9 Å². The van der Waals surface area contributed by atoms with E-state index in [1.165, 1.54) is 24.0 Å². The van der Waals surface area contributed by atoms with E-state index in [-0.39, 0.29) is 6.04 Å². The Bertz CT molecular complexity index is 442. The van der Waals surface area contributed by atoms with Gasteiger partial charge in [0.2, 0.25) is 0 Å². The second-order valence-corrected chi connectivity index (χ2v) is 5.43. The van der Waals surface area contributed by atoms with Gasteiger partial charge in [0.25, 0.3) is 0 Å². The molecular formula is C18H24N2. The molecule has 0 aliphatic carbocycles. The maximum atomic E-state index is 4.12. The molecule has 2 rings (SSSR count). The van der Waals surface area contributed by atoms with E-state index in [0.717, 1.165) is 6.54 Å². The molecule has 0 aliphatic heterocycles. The van der Waals surface area contributed by atoms with Gasteiger partial charge in [0.15, 0.2) is 0 Å². The molecule has 0 saturated heterocycles. The molecule has 1 heterocycles. The van der Waals surface area contributed by atoms with Gasteiger partial charge in [0, 0.05) is 12.4 Å². The van der Waals surface area contributed by atoms with E-state index >= 15 is 0 Å². The van der Waals surface area contributed by atoms with Gasteiger partial charge in [-0.05, 0) is 42.1 Å². The summed E-state index contributed by atoms with van der Waals surface area (Å²) in [4.78, 5) is 4.12. The minimum Gasteiger partial charge on any atom is -0.306 e. The summed E-state index contributed by atoms with van der Waals surface area (Å²) in [5, 5.41) is 3.71. The van der Waals surface area contributed by atoms with E-state index in [0.29, 0.717) is 5.92 Å².